The fourth-order valence-corrected chi connectivity index (χ4v) is 3.38. The number of alkyl halides is 2. The zero-order valence-corrected chi connectivity index (χ0v) is 16.8. The standard InChI is InChI=1S/C23H22F2N2O3/c1-13(22(28)29)12-27-20-10-18(21-17(8-9-30-21)19(20)11-26)16-6-4-15(5-7-16)14(2)23(3,24)25/h4-7,10,14,27H,1,8-9,12H2,2-3H3,(H,28,29)/t14-/m0/s1. The molecule has 1 aliphatic heterocycles. The third kappa shape index (κ3) is 4.13. The number of halogens is 2. The Kier molecular flexibility index (Phi) is 5.79. The highest BCUT2D eigenvalue weighted by Gasteiger charge is 2.31. The van der Waals surface area contributed by atoms with Gasteiger partial charge in [0.1, 0.15) is 11.8 Å². The molecule has 5 nitrogen and oxygen atoms in total. The molecule has 0 aromatic heterocycles. The molecule has 30 heavy (non-hydrogen) atoms. The SMILES string of the molecule is C=C(CNc1cc(-c2ccc([C@H](C)C(C)(F)F)cc2)c2c(c1C#N)CCO2)C(=O)O. The van der Waals surface area contributed by atoms with E-state index >= 15 is 0 Å². The number of ether oxygens (including phenoxy) is 1. The van der Waals surface area contributed by atoms with Gasteiger partial charge in [-0.05, 0) is 24.1 Å². The molecule has 2 aromatic rings. The van der Waals surface area contributed by atoms with Crippen molar-refractivity contribution < 1.29 is 23.4 Å². The van der Waals surface area contributed by atoms with Crippen molar-refractivity contribution >= 4 is 11.7 Å². The smallest absolute Gasteiger partial charge is 0.332 e. The van der Waals surface area contributed by atoms with Crippen molar-refractivity contribution in [3.63, 3.8) is 0 Å². The fourth-order valence-electron chi connectivity index (χ4n) is 3.38. The van der Waals surface area contributed by atoms with Gasteiger partial charge in [0.05, 0.1) is 17.9 Å². The lowest BCUT2D eigenvalue weighted by Crippen LogP contribution is -2.19. The number of carboxylic acid groups (broad SMARTS) is 1. The number of hydrogen-bond donors (Lipinski definition) is 2. The van der Waals surface area contributed by atoms with Gasteiger partial charge in [0.15, 0.2) is 0 Å². The van der Waals surface area contributed by atoms with Gasteiger partial charge < -0.3 is 15.2 Å². The average molecular weight is 412 g/mol. The normalized spacial score (nSPS) is 13.7. The van der Waals surface area contributed by atoms with Gasteiger partial charge in [-0.3, -0.25) is 0 Å². The van der Waals surface area contributed by atoms with E-state index in [1.54, 1.807) is 30.3 Å². The van der Waals surface area contributed by atoms with E-state index in [-0.39, 0.29) is 12.1 Å². The molecule has 1 heterocycles. The largest absolute Gasteiger partial charge is 0.492 e. The van der Waals surface area contributed by atoms with E-state index in [2.05, 4.69) is 18.0 Å². The van der Waals surface area contributed by atoms with Crippen LogP contribution in [0.25, 0.3) is 11.1 Å². The van der Waals surface area contributed by atoms with Gasteiger partial charge in [0.2, 0.25) is 0 Å². The first-order valence-electron chi connectivity index (χ1n) is 9.49. The number of nitriles is 1. The summed E-state index contributed by atoms with van der Waals surface area (Å²) in [6.45, 7) is 6.28. The maximum Gasteiger partial charge on any atom is 0.332 e. The molecule has 2 aromatic carbocycles. The summed E-state index contributed by atoms with van der Waals surface area (Å²) in [5.74, 6) is -4.28. The molecule has 0 spiro atoms. The topological polar surface area (TPSA) is 82.3 Å². The van der Waals surface area contributed by atoms with Gasteiger partial charge in [-0.1, -0.05) is 37.8 Å². The average Bonchev–Trinajstić information content (AvgIpc) is 3.19. The molecule has 2 N–H and O–H groups in total. The van der Waals surface area contributed by atoms with Gasteiger partial charge in [-0.2, -0.15) is 5.26 Å². The molecule has 0 radical (unpaired) electrons. The highest BCUT2D eigenvalue weighted by atomic mass is 19.3. The molecular weight excluding hydrogens is 390 g/mol. The maximum absolute atomic E-state index is 13.6. The first-order chi connectivity index (χ1) is 14.1. The summed E-state index contributed by atoms with van der Waals surface area (Å²) in [4.78, 5) is 11.0. The van der Waals surface area contributed by atoms with Gasteiger partial charge in [0.25, 0.3) is 5.92 Å². The lowest BCUT2D eigenvalue weighted by molar-refractivity contribution is -0.132. The monoisotopic (exact) mass is 412 g/mol. The number of carbonyl (C=O) groups is 1. The highest BCUT2D eigenvalue weighted by Crippen LogP contribution is 2.43. The molecule has 1 atom stereocenters. The number of benzene rings is 2. The molecule has 0 saturated heterocycles. The van der Waals surface area contributed by atoms with Crippen LogP contribution in [0.15, 0.2) is 42.5 Å². The summed E-state index contributed by atoms with van der Waals surface area (Å²) in [7, 11) is 0. The van der Waals surface area contributed by atoms with Crippen LogP contribution in [-0.4, -0.2) is 30.2 Å². The highest BCUT2D eigenvalue weighted by molar-refractivity contribution is 5.87. The van der Waals surface area contributed by atoms with E-state index in [0.717, 1.165) is 18.1 Å². The second kappa shape index (κ2) is 8.15. The summed E-state index contributed by atoms with van der Waals surface area (Å²) < 4.78 is 33.0. The summed E-state index contributed by atoms with van der Waals surface area (Å²) in [5.41, 5.74) is 3.60. The molecule has 0 amide bonds. The van der Waals surface area contributed by atoms with Crippen molar-refractivity contribution in [1.82, 2.24) is 0 Å². The lowest BCUT2D eigenvalue weighted by Gasteiger charge is -2.20. The van der Waals surface area contributed by atoms with Crippen molar-refractivity contribution in [2.75, 3.05) is 18.5 Å². The number of carboxylic acids is 1. The Morgan fingerprint density at radius 1 is 1.40 bits per heavy atom. The summed E-state index contributed by atoms with van der Waals surface area (Å²) in [5, 5.41) is 21.6. The molecule has 156 valence electrons. The predicted molar refractivity (Wildman–Crippen MR) is 110 cm³/mol. The zero-order chi connectivity index (χ0) is 22.1. The van der Waals surface area contributed by atoms with E-state index in [4.69, 9.17) is 9.84 Å². The number of fused-ring (bicyclic) bond motifs is 1. The van der Waals surface area contributed by atoms with Crippen LogP contribution in [0.4, 0.5) is 14.5 Å². The maximum atomic E-state index is 13.6. The van der Waals surface area contributed by atoms with Crippen LogP contribution in [-0.2, 0) is 11.2 Å². The second-order valence-electron chi connectivity index (χ2n) is 7.43. The molecule has 0 aliphatic carbocycles. The van der Waals surface area contributed by atoms with Crippen LogP contribution < -0.4 is 10.1 Å². The first-order valence-corrected chi connectivity index (χ1v) is 9.49. The minimum absolute atomic E-state index is 0.0227. The molecule has 0 saturated carbocycles. The molecule has 3 rings (SSSR count). The van der Waals surface area contributed by atoms with Gasteiger partial charge >= 0.3 is 5.97 Å². The van der Waals surface area contributed by atoms with E-state index in [1.807, 2.05) is 0 Å². The van der Waals surface area contributed by atoms with Crippen LogP contribution in [0.1, 0.15) is 36.5 Å². The molecule has 0 bridgehead atoms. The van der Waals surface area contributed by atoms with Crippen LogP contribution in [0.5, 0.6) is 5.75 Å². The van der Waals surface area contributed by atoms with E-state index in [1.165, 1.54) is 6.92 Å². The molecule has 7 heteroatoms. The van der Waals surface area contributed by atoms with Gasteiger partial charge in [-0.25, -0.2) is 13.6 Å². The minimum atomic E-state index is -2.83. The Morgan fingerprint density at radius 3 is 2.63 bits per heavy atom. The Balaban J connectivity index is 2.02. The summed E-state index contributed by atoms with van der Waals surface area (Å²) >= 11 is 0. The third-order valence-electron chi connectivity index (χ3n) is 5.37. The Morgan fingerprint density at radius 2 is 2.07 bits per heavy atom. The molecule has 0 fully saturated rings. The summed E-state index contributed by atoms with van der Waals surface area (Å²) in [6.07, 6.45) is 0.553. The fraction of sp³-hybridized carbons (Fsp3) is 0.304. The van der Waals surface area contributed by atoms with Crippen molar-refractivity contribution in [1.29, 1.82) is 5.26 Å². The van der Waals surface area contributed by atoms with Crippen molar-refractivity contribution in [2.24, 2.45) is 0 Å². The second-order valence-corrected chi connectivity index (χ2v) is 7.43. The summed E-state index contributed by atoms with van der Waals surface area (Å²) in [6, 6.07) is 10.7. The quantitative estimate of drug-likeness (QED) is 0.628. The van der Waals surface area contributed by atoms with Gasteiger partial charge in [-0.15, -0.1) is 0 Å². The van der Waals surface area contributed by atoms with Crippen molar-refractivity contribution in [2.45, 2.75) is 32.1 Å². The number of rotatable bonds is 7. The molecular formula is C23H22F2N2O3. The molecule has 0 unspecified atom stereocenters. The third-order valence-corrected chi connectivity index (χ3v) is 5.37. The van der Waals surface area contributed by atoms with Crippen LogP contribution >= 0.6 is 0 Å². The predicted octanol–water partition coefficient (Wildman–Crippen LogP) is 4.97. The Bertz CT molecular complexity index is 1030. The van der Waals surface area contributed by atoms with Crippen LogP contribution in [0.2, 0.25) is 0 Å². The zero-order valence-electron chi connectivity index (χ0n) is 16.8. The molecule has 1 aliphatic rings. The van der Waals surface area contributed by atoms with Gasteiger partial charge in [0, 0.05) is 35.6 Å². The first kappa shape index (κ1) is 21.3. The minimum Gasteiger partial charge on any atom is -0.492 e. The van der Waals surface area contributed by atoms with E-state index < -0.39 is 17.8 Å². The number of aliphatic carboxylic acids is 1. The van der Waals surface area contributed by atoms with Crippen LogP contribution in [0.3, 0.4) is 0 Å². The number of nitrogens with one attached hydrogen (secondary N) is 1. The lowest BCUT2D eigenvalue weighted by atomic mass is 9.91. The van der Waals surface area contributed by atoms with Crippen molar-refractivity contribution in [3.8, 4) is 22.9 Å². The number of anilines is 1. The van der Waals surface area contributed by atoms with Crippen molar-refractivity contribution in [3.05, 3.63) is 59.2 Å². The van der Waals surface area contributed by atoms with E-state index in [0.29, 0.717) is 41.2 Å². The number of nitrogens with zero attached hydrogens (tertiary/aromatic N) is 1. The van der Waals surface area contributed by atoms with Crippen LogP contribution in [0, 0.1) is 11.3 Å². The number of hydrogen-bond acceptors (Lipinski definition) is 4. The Hall–Kier alpha value is -3.40. The van der Waals surface area contributed by atoms with E-state index in [9.17, 15) is 18.8 Å². The Labute approximate surface area is 173 Å².